The molecule has 0 saturated heterocycles. The Morgan fingerprint density at radius 1 is 1.06 bits per heavy atom. The Balaban J connectivity index is 2.14. The highest BCUT2D eigenvalue weighted by molar-refractivity contribution is 14.1. The predicted octanol–water partition coefficient (Wildman–Crippen LogP) is 3.89. The molecule has 3 heteroatoms. The van der Waals surface area contributed by atoms with Crippen LogP contribution in [-0.2, 0) is 6.42 Å². The number of rotatable bonds is 4. The normalized spacial score (nSPS) is 10.4. The fourth-order valence-corrected chi connectivity index (χ4v) is 2.17. The van der Waals surface area contributed by atoms with E-state index in [0.717, 1.165) is 17.9 Å². The van der Waals surface area contributed by atoms with Crippen LogP contribution < -0.4 is 10.5 Å². The van der Waals surface area contributed by atoms with Crippen LogP contribution in [0.1, 0.15) is 11.1 Å². The van der Waals surface area contributed by atoms with Crippen molar-refractivity contribution in [1.29, 1.82) is 0 Å². The number of benzene rings is 2. The van der Waals surface area contributed by atoms with Crippen LogP contribution in [0.5, 0.6) is 11.5 Å². The number of ether oxygens (including phenoxy) is 1. The van der Waals surface area contributed by atoms with Gasteiger partial charge in [0.1, 0.15) is 11.5 Å². The summed E-state index contributed by atoms with van der Waals surface area (Å²) in [5.41, 5.74) is 8.08. The Bertz CT molecular complexity index is 523. The molecule has 0 fully saturated rings. The Hall–Kier alpha value is -1.07. The number of hydrogen-bond acceptors (Lipinski definition) is 2. The summed E-state index contributed by atoms with van der Waals surface area (Å²) in [4.78, 5) is 0. The molecule has 0 aliphatic carbocycles. The molecule has 94 valence electrons. The van der Waals surface area contributed by atoms with E-state index in [1.807, 2.05) is 30.3 Å². The van der Waals surface area contributed by atoms with Crippen molar-refractivity contribution < 1.29 is 4.74 Å². The zero-order valence-corrected chi connectivity index (χ0v) is 12.5. The van der Waals surface area contributed by atoms with Crippen LogP contribution in [0.4, 0.5) is 0 Å². The highest BCUT2D eigenvalue weighted by Crippen LogP contribution is 2.24. The molecule has 0 unspecified atom stereocenters. The lowest BCUT2D eigenvalue weighted by molar-refractivity contribution is 0.482. The summed E-state index contributed by atoms with van der Waals surface area (Å²) in [6, 6.07) is 14.2. The molecule has 0 aliphatic heterocycles. The fraction of sp³-hybridized carbons (Fsp3) is 0.200. The summed E-state index contributed by atoms with van der Waals surface area (Å²) in [5.74, 6) is 1.73. The van der Waals surface area contributed by atoms with E-state index in [1.165, 1.54) is 14.7 Å². The van der Waals surface area contributed by atoms with Crippen molar-refractivity contribution >= 4 is 22.6 Å². The Morgan fingerprint density at radius 3 is 2.33 bits per heavy atom. The van der Waals surface area contributed by atoms with Crippen LogP contribution in [0.25, 0.3) is 0 Å². The SMILES string of the molecule is Cc1cc(Oc2ccc(I)cc2)ccc1CCN. The zero-order chi connectivity index (χ0) is 13.0. The van der Waals surface area contributed by atoms with Gasteiger partial charge >= 0.3 is 0 Å². The summed E-state index contributed by atoms with van der Waals surface area (Å²) in [5, 5.41) is 0. The number of halogens is 1. The van der Waals surface area contributed by atoms with Crippen LogP contribution in [0.3, 0.4) is 0 Å². The Labute approximate surface area is 121 Å². The maximum Gasteiger partial charge on any atom is 0.127 e. The highest BCUT2D eigenvalue weighted by Gasteiger charge is 2.01. The van der Waals surface area contributed by atoms with Gasteiger partial charge in [0.25, 0.3) is 0 Å². The molecular weight excluding hydrogens is 337 g/mol. The van der Waals surface area contributed by atoms with Gasteiger partial charge < -0.3 is 10.5 Å². The van der Waals surface area contributed by atoms with E-state index < -0.39 is 0 Å². The van der Waals surface area contributed by atoms with Crippen LogP contribution in [0.2, 0.25) is 0 Å². The standard InChI is InChI=1S/C15H16INO/c1-11-10-15(5-2-12(11)8-9-17)18-14-6-3-13(16)4-7-14/h2-7,10H,8-9,17H2,1H3. The maximum absolute atomic E-state index is 5.81. The monoisotopic (exact) mass is 353 g/mol. The third-order valence-electron chi connectivity index (χ3n) is 2.78. The third kappa shape index (κ3) is 3.46. The highest BCUT2D eigenvalue weighted by atomic mass is 127. The average molecular weight is 353 g/mol. The molecule has 0 saturated carbocycles. The quantitative estimate of drug-likeness (QED) is 0.847. The molecule has 0 aromatic heterocycles. The number of hydrogen-bond donors (Lipinski definition) is 1. The van der Waals surface area contributed by atoms with Gasteiger partial charge in [-0.15, -0.1) is 0 Å². The van der Waals surface area contributed by atoms with E-state index in [-0.39, 0.29) is 0 Å². The van der Waals surface area contributed by atoms with E-state index in [4.69, 9.17) is 10.5 Å². The van der Waals surface area contributed by atoms with E-state index in [1.54, 1.807) is 0 Å². The van der Waals surface area contributed by atoms with Crippen molar-refractivity contribution in [2.75, 3.05) is 6.54 Å². The average Bonchev–Trinajstić information content (AvgIpc) is 2.36. The second-order valence-corrected chi connectivity index (χ2v) is 5.43. The molecule has 0 amide bonds. The largest absolute Gasteiger partial charge is 0.457 e. The molecule has 2 N–H and O–H groups in total. The lowest BCUT2D eigenvalue weighted by Gasteiger charge is -2.09. The first kappa shape index (κ1) is 13.4. The molecule has 0 aliphatic rings. The van der Waals surface area contributed by atoms with Crippen LogP contribution >= 0.6 is 22.6 Å². The van der Waals surface area contributed by atoms with Gasteiger partial charge in [-0.1, -0.05) is 6.07 Å². The van der Waals surface area contributed by atoms with E-state index in [2.05, 4.69) is 41.6 Å². The Kier molecular flexibility index (Phi) is 4.60. The molecule has 2 aromatic carbocycles. The first-order valence-corrected chi connectivity index (χ1v) is 7.00. The topological polar surface area (TPSA) is 35.2 Å². The fourth-order valence-electron chi connectivity index (χ4n) is 1.81. The van der Waals surface area contributed by atoms with Gasteiger partial charge in [0.15, 0.2) is 0 Å². The van der Waals surface area contributed by atoms with Crippen LogP contribution in [0.15, 0.2) is 42.5 Å². The van der Waals surface area contributed by atoms with Crippen molar-refractivity contribution in [2.45, 2.75) is 13.3 Å². The van der Waals surface area contributed by atoms with Crippen molar-refractivity contribution in [1.82, 2.24) is 0 Å². The molecular formula is C15H16INO. The number of aryl methyl sites for hydroxylation is 1. The lowest BCUT2D eigenvalue weighted by atomic mass is 10.1. The second kappa shape index (κ2) is 6.20. The van der Waals surface area contributed by atoms with E-state index >= 15 is 0 Å². The van der Waals surface area contributed by atoms with Gasteiger partial charge in [0, 0.05) is 3.57 Å². The molecule has 2 aromatic rings. The molecule has 0 atom stereocenters. The second-order valence-electron chi connectivity index (χ2n) is 4.18. The Morgan fingerprint density at radius 2 is 1.72 bits per heavy atom. The maximum atomic E-state index is 5.81. The molecule has 18 heavy (non-hydrogen) atoms. The summed E-state index contributed by atoms with van der Waals surface area (Å²) in [7, 11) is 0. The number of nitrogens with two attached hydrogens (primary N) is 1. The van der Waals surface area contributed by atoms with Crippen molar-refractivity contribution in [3.05, 3.63) is 57.2 Å². The molecule has 0 radical (unpaired) electrons. The summed E-state index contributed by atoms with van der Waals surface area (Å²) >= 11 is 2.28. The first-order valence-electron chi connectivity index (χ1n) is 5.92. The predicted molar refractivity (Wildman–Crippen MR) is 83.2 cm³/mol. The summed E-state index contributed by atoms with van der Waals surface area (Å²) < 4.78 is 7.02. The first-order chi connectivity index (χ1) is 8.69. The zero-order valence-electron chi connectivity index (χ0n) is 10.3. The molecule has 2 rings (SSSR count). The smallest absolute Gasteiger partial charge is 0.127 e. The van der Waals surface area contributed by atoms with Crippen molar-refractivity contribution in [3.8, 4) is 11.5 Å². The molecule has 2 nitrogen and oxygen atoms in total. The van der Waals surface area contributed by atoms with Crippen LogP contribution in [-0.4, -0.2) is 6.54 Å². The van der Waals surface area contributed by atoms with Crippen LogP contribution in [0, 0.1) is 10.5 Å². The van der Waals surface area contributed by atoms with E-state index in [9.17, 15) is 0 Å². The van der Waals surface area contributed by atoms with Crippen molar-refractivity contribution in [2.24, 2.45) is 5.73 Å². The third-order valence-corrected chi connectivity index (χ3v) is 3.50. The van der Waals surface area contributed by atoms with Gasteiger partial charge in [-0.3, -0.25) is 0 Å². The summed E-state index contributed by atoms with van der Waals surface area (Å²) in [6.45, 7) is 2.77. The van der Waals surface area contributed by atoms with Crippen molar-refractivity contribution in [3.63, 3.8) is 0 Å². The minimum atomic E-state index is 0.679. The van der Waals surface area contributed by atoms with Gasteiger partial charge in [-0.2, -0.15) is 0 Å². The van der Waals surface area contributed by atoms with Gasteiger partial charge in [0.2, 0.25) is 0 Å². The minimum absolute atomic E-state index is 0.679. The van der Waals surface area contributed by atoms with E-state index in [0.29, 0.717) is 6.54 Å². The minimum Gasteiger partial charge on any atom is -0.457 e. The summed E-state index contributed by atoms with van der Waals surface area (Å²) in [6.07, 6.45) is 0.912. The van der Waals surface area contributed by atoms with Gasteiger partial charge in [-0.05, 0) is 90.0 Å². The molecule has 0 spiro atoms. The lowest BCUT2D eigenvalue weighted by Crippen LogP contribution is -2.04. The van der Waals surface area contributed by atoms with Gasteiger partial charge in [-0.25, -0.2) is 0 Å². The molecule has 0 heterocycles. The molecule has 0 bridgehead atoms. The van der Waals surface area contributed by atoms with Gasteiger partial charge in [0.05, 0.1) is 0 Å².